The third kappa shape index (κ3) is 7.75. The van der Waals surface area contributed by atoms with Crippen LogP contribution in [0.3, 0.4) is 0 Å². The molecule has 1 aromatic carbocycles. The van der Waals surface area contributed by atoms with Gasteiger partial charge >= 0.3 is 20.8 Å². The summed E-state index contributed by atoms with van der Waals surface area (Å²) in [6.07, 6.45) is -2.67. The SMILES string of the molecule is O=S(=O)(O)OCC1C[C@@H](OCc2ccccc2)C(OS(=O)(=O)O)CO1. The summed E-state index contributed by atoms with van der Waals surface area (Å²) >= 11 is 0. The first-order chi connectivity index (χ1) is 11.6. The van der Waals surface area contributed by atoms with Crippen molar-refractivity contribution in [1.29, 1.82) is 0 Å². The zero-order valence-corrected chi connectivity index (χ0v) is 14.6. The first-order valence-corrected chi connectivity index (χ1v) is 9.90. The fourth-order valence-corrected chi connectivity index (χ4v) is 3.11. The summed E-state index contributed by atoms with van der Waals surface area (Å²) in [6, 6.07) is 9.04. The van der Waals surface area contributed by atoms with Gasteiger partial charge in [-0.15, -0.1) is 0 Å². The third-order valence-electron chi connectivity index (χ3n) is 3.36. The molecule has 1 saturated heterocycles. The molecule has 1 aromatic rings. The molecule has 142 valence electrons. The van der Waals surface area contributed by atoms with Crippen molar-refractivity contribution in [1.82, 2.24) is 0 Å². The van der Waals surface area contributed by atoms with Gasteiger partial charge in [0.05, 0.1) is 32.0 Å². The standard InChI is InChI=1S/C13H18O10S2/c14-24(15,16)22-8-11-6-12(13(9-20-11)23-25(17,18)19)21-7-10-4-2-1-3-5-10/h1-5,11-13H,6-9H2,(H,14,15,16)(H,17,18,19)/t11?,12-,13?/m1/s1. The van der Waals surface area contributed by atoms with Crippen molar-refractivity contribution < 1.29 is 43.8 Å². The Morgan fingerprint density at radius 3 is 2.32 bits per heavy atom. The fraction of sp³-hybridized carbons (Fsp3) is 0.538. The molecule has 0 aromatic heterocycles. The highest BCUT2D eigenvalue weighted by molar-refractivity contribution is 7.81. The van der Waals surface area contributed by atoms with Gasteiger partial charge in [0.2, 0.25) is 0 Å². The summed E-state index contributed by atoms with van der Waals surface area (Å²) in [5, 5.41) is 0. The van der Waals surface area contributed by atoms with Crippen LogP contribution >= 0.6 is 0 Å². The van der Waals surface area contributed by atoms with Crippen molar-refractivity contribution in [2.75, 3.05) is 13.2 Å². The van der Waals surface area contributed by atoms with Gasteiger partial charge in [-0.05, 0) is 5.56 Å². The maximum absolute atomic E-state index is 10.9. The summed E-state index contributed by atoms with van der Waals surface area (Å²) < 4.78 is 80.3. The molecule has 1 heterocycles. The van der Waals surface area contributed by atoms with Crippen LogP contribution in [0, 0.1) is 0 Å². The number of rotatable bonds is 8. The van der Waals surface area contributed by atoms with Crippen molar-refractivity contribution in [3.05, 3.63) is 35.9 Å². The molecule has 0 spiro atoms. The van der Waals surface area contributed by atoms with Crippen LogP contribution in [0.5, 0.6) is 0 Å². The van der Waals surface area contributed by atoms with E-state index in [4.69, 9.17) is 18.6 Å². The van der Waals surface area contributed by atoms with Gasteiger partial charge in [0.15, 0.2) is 0 Å². The predicted molar refractivity (Wildman–Crippen MR) is 83.3 cm³/mol. The zero-order valence-electron chi connectivity index (χ0n) is 12.9. The van der Waals surface area contributed by atoms with E-state index < -0.39 is 45.7 Å². The van der Waals surface area contributed by atoms with Crippen molar-refractivity contribution in [2.45, 2.75) is 31.3 Å². The van der Waals surface area contributed by atoms with Gasteiger partial charge in [0, 0.05) is 6.42 Å². The van der Waals surface area contributed by atoms with Gasteiger partial charge in [-0.25, -0.2) is 8.37 Å². The minimum atomic E-state index is -4.72. The maximum Gasteiger partial charge on any atom is 0.397 e. The maximum atomic E-state index is 10.9. The lowest BCUT2D eigenvalue weighted by Gasteiger charge is -2.34. The first kappa shape index (κ1) is 20.2. The Labute approximate surface area is 145 Å². The molecule has 25 heavy (non-hydrogen) atoms. The molecular formula is C13H18O10S2. The van der Waals surface area contributed by atoms with Crippen molar-refractivity contribution >= 4 is 20.8 Å². The van der Waals surface area contributed by atoms with Crippen molar-refractivity contribution in [2.24, 2.45) is 0 Å². The predicted octanol–water partition coefficient (Wildman–Crippen LogP) is 0.368. The Kier molecular flexibility index (Phi) is 6.87. The van der Waals surface area contributed by atoms with Crippen LogP contribution in [0.2, 0.25) is 0 Å². The Hall–Kier alpha value is -1.12. The summed E-state index contributed by atoms with van der Waals surface area (Å²) in [6.45, 7) is -0.607. The van der Waals surface area contributed by atoms with E-state index in [0.717, 1.165) is 5.56 Å². The van der Waals surface area contributed by atoms with E-state index in [9.17, 15) is 16.8 Å². The number of hydrogen-bond donors (Lipinski definition) is 2. The van der Waals surface area contributed by atoms with Crippen molar-refractivity contribution in [3.8, 4) is 0 Å². The Morgan fingerprint density at radius 2 is 1.72 bits per heavy atom. The van der Waals surface area contributed by atoms with E-state index in [1.165, 1.54) is 0 Å². The lowest BCUT2D eigenvalue weighted by Crippen LogP contribution is -2.46. The number of benzene rings is 1. The number of hydrogen-bond acceptors (Lipinski definition) is 8. The molecule has 0 amide bonds. The second-order valence-corrected chi connectivity index (χ2v) is 7.44. The van der Waals surface area contributed by atoms with Crippen LogP contribution in [-0.2, 0) is 45.2 Å². The topological polar surface area (TPSA) is 146 Å². The van der Waals surface area contributed by atoms with Crippen molar-refractivity contribution in [3.63, 3.8) is 0 Å². The molecular weight excluding hydrogens is 380 g/mol. The van der Waals surface area contributed by atoms with Crippen LogP contribution in [0.1, 0.15) is 12.0 Å². The van der Waals surface area contributed by atoms with E-state index in [0.29, 0.717) is 0 Å². The van der Waals surface area contributed by atoms with Crippen LogP contribution in [0.25, 0.3) is 0 Å². The van der Waals surface area contributed by atoms with Crippen LogP contribution in [0.15, 0.2) is 30.3 Å². The van der Waals surface area contributed by atoms with Crippen LogP contribution in [-0.4, -0.2) is 57.5 Å². The normalized spacial score (nSPS) is 25.0. The van der Waals surface area contributed by atoms with Gasteiger partial charge in [-0.2, -0.15) is 16.8 Å². The average Bonchev–Trinajstić information content (AvgIpc) is 2.51. The largest absolute Gasteiger partial charge is 0.397 e. The van der Waals surface area contributed by atoms with E-state index >= 15 is 0 Å². The molecule has 0 bridgehead atoms. The monoisotopic (exact) mass is 398 g/mol. The van der Waals surface area contributed by atoms with Gasteiger partial charge < -0.3 is 9.47 Å². The molecule has 1 fully saturated rings. The molecule has 0 saturated carbocycles. The third-order valence-corrected chi connectivity index (χ3v) is 4.29. The van der Waals surface area contributed by atoms with E-state index in [1.807, 2.05) is 6.07 Å². The minimum Gasteiger partial charge on any atom is -0.373 e. The van der Waals surface area contributed by atoms with Gasteiger partial charge in [0.1, 0.15) is 6.10 Å². The molecule has 1 aliphatic rings. The summed E-state index contributed by atoms with van der Waals surface area (Å²) in [7, 11) is -9.35. The molecule has 0 radical (unpaired) electrons. The molecule has 10 nitrogen and oxygen atoms in total. The summed E-state index contributed by atoms with van der Waals surface area (Å²) in [5.41, 5.74) is 0.824. The molecule has 2 unspecified atom stereocenters. The smallest absolute Gasteiger partial charge is 0.373 e. The molecule has 2 rings (SSSR count). The zero-order chi connectivity index (χ0) is 18.5. The van der Waals surface area contributed by atoms with Gasteiger partial charge in [-0.1, -0.05) is 30.3 Å². The Balaban J connectivity index is 2.00. The highest BCUT2D eigenvalue weighted by atomic mass is 32.3. The second-order valence-electron chi connectivity index (χ2n) is 5.30. The molecule has 1 aliphatic heterocycles. The lowest BCUT2D eigenvalue weighted by atomic mass is 10.0. The summed E-state index contributed by atoms with van der Waals surface area (Å²) in [4.78, 5) is 0. The van der Waals surface area contributed by atoms with Gasteiger partial charge in [-0.3, -0.25) is 9.11 Å². The lowest BCUT2D eigenvalue weighted by molar-refractivity contribution is -0.145. The molecule has 12 heteroatoms. The molecule has 2 N–H and O–H groups in total. The quantitative estimate of drug-likeness (QED) is 0.589. The van der Waals surface area contributed by atoms with E-state index in [1.54, 1.807) is 24.3 Å². The highest BCUT2D eigenvalue weighted by Crippen LogP contribution is 2.23. The molecule has 0 aliphatic carbocycles. The number of ether oxygens (including phenoxy) is 2. The molecule has 3 atom stereocenters. The second kappa shape index (κ2) is 8.51. The average molecular weight is 398 g/mol. The summed E-state index contributed by atoms with van der Waals surface area (Å²) in [5.74, 6) is 0. The van der Waals surface area contributed by atoms with Gasteiger partial charge in [0.25, 0.3) is 0 Å². The Bertz CT molecular complexity index is 746. The highest BCUT2D eigenvalue weighted by Gasteiger charge is 2.36. The van der Waals surface area contributed by atoms with Crippen LogP contribution in [0.4, 0.5) is 0 Å². The minimum absolute atomic E-state index is 0.0303. The fourth-order valence-electron chi connectivity index (χ4n) is 2.29. The van der Waals surface area contributed by atoms with Crippen LogP contribution < -0.4 is 0 Å². The van der Waals surface area contributed by atoms with E-state index in [2.05, 4.69) is 8.37 Å². The Morgan fingerprint density at radius 1 is 1.04 bits per heavy atom. The first-order valence-electron chi connectivity index (χ1n) is 7.17. The van der Waals surface area contributed by atoms with E-state index in [-0.39, 0.29) is 19.6 Å².